The second kappa shape index (κ2) is 5.13. The van der Waals surface area contributed by atoms with E-state index in [1.807, 2.05) is 11.8 Å². The number of nitrogens with zero attached hydrogens (tertiary/aromatic N) is 1. The Hall–Kier alpha value is -0.480. The third kappa shape index (κ3) is 3.00. The average molecular weight is 336 g/mol. The van der Waals surface area contributed by atoms with E-state index in [0.717, 1.165) is 11.4 Å². The molecule has 1 aliphatic heterocycles. The Morgan fingerprint density at radius 1 is 1.16 bits per heavy atom. The number of benzene rings is 1. The van der Waals surface area contributed by atoms with E-state index in [4.69, 9.17) is 47.0 Å². The van der Waals surface area contributed by atoms with Gasteiger partial charge in [0.1, 0.15) is 0 Å². The molecular weight excluding hydrogens is 323 g/mol. The van der Waals surface area contributed by atoms with E-state index in [0.29, 0.717) is 20.2 Å². The summed E-state index contributed by atoms with van der Waals surface area (Å²) in [5.74, 6) is 0. The fourth-order valence-corrected chi connectivity index (χ4v) is 3.20. The Labute approximate surface area is 133 Å². The van der Waals surface area contributed by atoms with Crippen LogP contribution in [0.2, 0.25) is 15.1 Å². The van der Waals surface area contributed by atoms with E-state index in [-0.39, 0.29) is 5.54 Å². The second-order valence-corrected chi connectivity index (χ2v) is 6.58. The first-order chi connectivity index (χ1) is 8.71. The van der Waals surface area contributed by atoms with Gasteiger partial charge in [0.2, 0.25) is 0 Å². The topological polar surface area (TPSA) is 15.3 Å². The molecule has 0 atom stereocenters. The lowest BCUT2D eigenvalue weighted by Crippen LogP contribution is -2.53. The zero-order valence-corrected chi connectivity index (χ0v) is 13.8. The number of rotatable bonds is 1. The quantitative estimate of drug-likeness (QED) is 0.573. The van der Waals surface area contributed by atoms with Gasteiger partial charge in [-0.25, -0.2) is 0 Å². The van der Waals surface area contributed by atoms with Crippen molar-refractivity contribution in [3.63, 3.8) is 0 Å². The number of nitrogens with one attached hydrogen (secondary N) is 1. The van der Waals surface area contributed by atoms with Gasteiger partial charge in [0.25, 0.3) is 0 Å². The minimum Gasteiger partial charge on any atom is -0.354 e. The maximum atomic E-state index is 6.06. The summed E-state index contributed by atoms with van der Waals surface area (Å²) in [6.45, 7) is 6.11. The number of thiocarbonyl (C=S) groups is 1. The highest BCUT2D eigenvalue weighted by Gasteiger charge is 2.28. The summed E-state index contributed by atoms with van der Waals surface area (Å²) in [4.78, 5) is 1.88. The molecule has 1 aromatic rings. The molecule has 2 nitrogen and oxygen atoms in total. The summed E-state index contributed by atoms with van der Waals surface area (Å²) in [6.07, 6.45) is 2.10. The highest BCUT2D eigenvalue weighted by molar-refractivity contribution is 7.80. The van der Waals surface area contributed by atoms with Crippen molar-refractivity contribution in [2.75, 3.05) is 4.90 Å². The summed E-state index contributed by atoms with van der Waals surface area (Å²) in [6, 6.07) is 3.50. The van der Waals surface area contributed by atoms with E-state index in [1.165, 1.54) is 0 Å². The monoisotopic (exact) mass is 334 g/mol. The molecule has 2 rings (SSSR count). The zero-order chi connectivity index (χ0) is 14.4. The molecule has 0 radical (unpaired) electrons. The van der Waals surface area contributed by atoms with Crippen molar-refractivity contribution in [3.8, 4) is 0 Å². The lowest BCUT2D eigenvalue weighted by Gasteiger charge is -2.38. The predicted molar refractivity (Wildman–Crippen MR) is 87.5 cm³/mol. The van der Waals surface area contributed by atoms with Crippen LogP contribution in [-0.4, -0.2) is 10.7 Å². The SMILES string of the molecule is CC1=CC(C)(C)NC(=S)N1c1cc(Cl)c(Cl)c(Cl)c1. The Morgan fingerprint density at radius 3 is 2.16 bits per heavy atom. The molecule has 0 spiro atoms. The zero-order valence-electron chi connectivity index (χ0n) is 10.7. The van der Waals surface area contributed by atoms with E-state index in [2.05, 4.69) is 25.2 Å². The number of allylic oxidation sites excluding steroid dienone is 1. The molecule has 0 aliphatic carbocycles. The van der Waals surface area contributed by atoms with Crippen molar-refractivity contribution in [1.29, 1.82) is 0 Å². The normalized spacial score (nSPS) is 18.1. The minimum atomic E-state index is -0.169. The smallest absolute Gasteiger partial charge is 0.178 e. The molecule has 0 saturated heterocycles. The van der Waals surface area contributed by atoms with Crippen LogP contribution in [0.25, 0.3) is 0 Å². The first-order valence-corrected chi connectivity index (χ1v) is 7.22. The van der Waals surface area contributed by atoms with E-state index in [1.54, 1.807) is 12.1 Å². The molecule has 0 fully saturated rings. The first kappa shape index (κ1) is 14.9. The van der Waals surface area contributed by atoms with Gasteiger partial charge >= 0.3 is 0 Å². The minimum absolute atomic E-state index is 0.169. The summed E-state index contributed by atoms with van der Waals surface area (Å²) in [5.41, 5.74) is 1.64. The van der Waals surface area contributed by atoms with Crippen LogP contribution in [0.15, 0.2) is 23.9 Å². The number of hydrogen-bond acceptors (Lipinski definition) is 1. The number of halogens is 3. The van der Waals surface area contributed by atoms with E-state index in [9.17, 15) is 0 Å². The van der Waals surface area contributed by atoms with Crippen LogP contribution < -0.4 is 10.2 Å². The molecule has 1 aromatic carbocycles. The molecule has 102 valence electrons. The van der Waals surface area contributed by atoms with Gasteiger partial charge in [-0.3, -0.25) is 4.90 Å². The summed E-state index contributed by atoms with van der Waals surface area (Å²) >= 11 is 23.5. The van der Waals surface area contributed by atoms with Crippen LogP contribution in [-0.2, 0) is 0 Å². The highest BCUT2D eigenvalue weighted by Crippen LogP contribution is 2.36. The van der Waals surface area contributed by atoms with Gasteiger partial charge in [-0.15, -0.1) is 0 Å². The van der Waals surface area contributed by atoms with Crippen molar-refractivity contribution in [2.45, 2.75) is 26.3 Å². The molecule has 19 heavy (non-hydrogen) atoms. The van der Waals surface area contributed by atoms with Crippen molar-refractivity contribution in [1.82, 2.24) is 5.32 Å². The fraction of sp³-hybridized carbons (Fsp3) is 0.308. The molecular formula is C13H13Cl3N2S. The van der Waals surface area contributed by atoms with Gasteiger partial charge in [-0.05, 0) is 51.2 Å². The van der Waals surface area contributed by atoms with Crippen LogP contribution in [0, 0.1) is 0 Å². The van der Waals surface area contributed by atoms with Gasteiger partial charge in [0.15, 0.2) is 5.11 Å². The van der Waals surface area contributed by atoms with Gasteiger partial charge in [-0.1, -0.05) is 34.8 Å². The first-order valence-electron chi connectivity index (χ1n) is 5.67. The summed E-state index contributed by atoms with van der Waals surface area (Å²) in [7, 11) is 0. The van der Waals surface area contributed by atoms with Crippen LogP contribution in [0.4, 0.5) is 5.69 Å². The van der Waals surface area contributed by atoms with E-state index < -0.39 is 0 Å². The third-order valence-corrected chi connectivity index (χ3v) is 4.26. The lowest BCUT2D eigenvalue weighted by molar-refractivity contribution is 0.560. The standard InChI is InChI=1S/C13H13Cl3N2S/c1-7-6-13(2,3)17-12(19)18(7)8-4-9(14)11(16)10(15)5-8/h4-6H,1-3H3,(H,17,19). The summed E-state index contributed by atoms with van der Waals surface area (Å²) in [5, 5.41) is 5.03. The predicted octanol–water partition coefficient (Wildman–Crippen LogP) is 5.02. The Morgan fingerprint density at radius 2 is 1.68 bits per heavy atom. The number of hydrogen-bond donors (Lipinski definition) is 1. The van der Waals surface area contributed by atoms with Crippen molar-refractivity contribution >= 4 is 57.8 Å². The van der Waals surface area contributed by atoms with Gasteiger partial charge < -0.3 is 5.32 Å². The van der Waals surface area contributed by atoms with Crippen LogP contribution >= 0.6 is 47.0 Å². The average Bonchev–Trinajstić information content (AvgIpc) is 2.22. The third-order valence-electron chi connectivity index (χ3n) is 2.78. The molecule has 0 saturated carbocycles. The fourth-order valence-electron chi connectivity index (χ4n) is 2.11. The van der Waals surface area contributed by atoms with Crippen molar-refractivity contribution in [3.05, 3.63) is 39.0 Å². The second-order valence-electron chi connectivity index (χ2n) is 5.00. The number of anilines is 1. The molecule has 1 aliphatic rings. The maximum Gasteiger partial charge on any atom is 0.178 e. The molecule has 1 heterocycles. The van der Waals surface area contributed by atoms with E-state index >= 15 is 0 Å². The van der Waals surface area contributed by atoms with Crippen LogP contribution in [0.1, 0.15) is 20.8 Å². The van der Waals surface area contributed by atoms with Crippen molar-refractivity contribution in [2.24, 2.45) is 0 Å². The van der Waals surface area contributed by atoms with Crippen LogP contribution in [0.5, 0.6) is 0 Å². The molecule has 0 aromatic heterocycles. The highest BCUT2D eigenvalue weighted by atomic mass is 35.5. The maximum absolute atomic E-state index is 6.06. The van der Waals surface area contributed by atoms with Crippen molar-refractivity contribution < 1.29 is 0 Å². The summed E-state index contributed by atoms with van der Waals surface area (Å²) < 4.78 is 0. The van der Waals surface area contributed by atoms with Gasteiger partial charge in [0, 0.05) is 5.70 Å². The molecule has 0 amide bonds. The van der Waals surface area contributed by atoms with Gasteiger partial charge in [0.05, 0.1) is 26.3 Å². The molecule has 0 bridgehead atoms. The van der Waals surface area contributed by atoms with Gasteiger partial charge in [-0.2, -0.15) is 0 Å². The lowest BCUT2D eigenvalue weighted by atomic mass is 10.0. The largest absolute Gasteiger partial charge is 0.354 e. The Bertz CT molecular complexity index is 558. The Kier molecular flexibility index (Phi) is 4.03. The molecule has 1 N–H and O–H groups in total. The molecule has 6 heteroatoms. The molecule has 0 unspecified atom stereocenters. The Balaban J connectivity index is 2.51. The van der Waals surface area contributed by atoms with Crippen LogP contribution in [0.3, 0.4) is 0 Å².